The SMILES string of the molecule is CCC1(C)C(COC=O)(OC(C)=O)OC(C)(COCC2(C)C(C)(OC(C)=O)OC(C)(CO)C(C)(OC(C)=O)C2(C)COC=O)C(C)(COC=O)C1(C)C. The van der Waals surface area contributed by atoms with Gasteiger partial charge in [-0.25, -0.2) is 0 Å². The van der Waals surface area contributed by atoms with Crippen LogP contribution in [0.5, 0.6) is 0 Å². The molecule has 9 unspecified atom stereocenters. The maximum absolute atomic E-state index is 12.7. The van der Waals surface area contributed by atoms with Crippen molar-refractivity contribution in [2.24, 2.45) is 27.1 Å². The molecule has 0 aliphatic carbocycles. The number of carbonyl (C=O) groups is 6. The fourth-order valence-electron chi connectivity index (χ4n) is 9.08. The molecule has 0 radical (unpaired) electrons. The van der Waals surface area contributed by atoms with Gasteiger partial charge < -0.3 is 47.7 Å². The second-order valence-electron chi connectivity index (χ2n) is 16.4. The Labute approximate surface area is 312 Å². The zero-order chi connectivity index (χ0) is 41.2. The molecule has 2 rings (SSSR count). The van der Waals surface area contributed by atoms with E-state index >= 15 is 0 Å². The molecule has 1 N–H and O–H groups in total. The molecule has 2 aliphatic rings. The van der Waals surface area contributed by atoms with E-state index in [4.69, 9.17) is 42.6 Å². The van der Waals surface area contributed by atoms with Crippen molar-refractivity contribution >= 4 is 37.3 Å². The summed E-state index contributed by atoms with van der Waals surface area (Å²) in [4.78, 5) is 73.1. The minimum Gasteiger partial charge on any atom is -0.467 e. The van der Waals surface area contributed by atoms with Crippen LogP contribution in [0.15, 0.2) is 0 Å². The number of hydrogen-bond donors (Lipinski definition) is 1. The van der Waals surface area contributed by atoms with E-state index < -0.39 is 93.2 Å². The van der Waals surface area contributed by atoms with Crippen molar-refractivity contribution < 1.29 is 76.5 Å². The molecule has 2 saturated heterocycles. The Kier molecular flexibility index (Phi) is 13.3. The fourth-order valence-corrected chi connectivity index (χ4v) is 9.08. The van der Waals surface area contributed by atoms with Gasteiger partial charge in [-0.3, -0.25) is 28.8 Å². The summed E-state index contributed by atoms with van der Waals surface area (Å²) in [6.45, 7) is 20.6. The lowest BCUT2D eigenvalue weighted by Gasteiger charge is -2.70. The highest BCUT2D eigenvalue weighted by atomic mass is 16.8. The minimum atomic E-state index is -1.94. The molecule has 2 fully saturated rings. The second-order valence-corrected chi connectivity index (χ2v) is 16.4. The number of esters is 3. The molecule has 0 spiro atoms. The van der Waals surface area contributed by atoms with E-state index in [1.165, 1.54) is 41.5 Å². The summed E-state index contributed by atoms with van der Waals surface area (Å²) in [6.07, 6.45) is 0.354. The van der Waals surface area contributed by atoms with Gasteiger partial charge in [0.2, 0.25) is 5.79 Å². The van der Waals surface area contributed by atoms with E-state index in [9.17, 15) is 33.9 Å². The Hall–Kier alpha value is -3.34. The summed E-state index contributed by atoms with van der Waals surface area (Å²) in [5, 5.41) is 10.8. The topological polar surface area (TPSA) is 206 Å². The number of carbonyl (C=O) groups excluding carboxylic acids is 6. The van der Waals surface area contributed by atoms with Gasteiger partial charge in [0.15, 0.2) is 6.61 Å². The number of hydrogen-bond acceptors (Lipinski definition) is 16. The Balaban J connectivity index is 2.93. The molecule has 0 saturated carbocycles. The summed E-state index contributed by atoms with van der Waals surface area (Å²) >= 11 is 0. The summed E-state index contributed by atoms with van der Waals surface area (Å²) in [7, 11) is 0. The zero-order valence-corrected chi connectivity index (χ0v) is 33.8. The standard InChI is InChI=1S/C37H60O16/c1-15-29(7)28(5,6)30(8,17-46-22-39)34(12,53-37(29,21-48-24-41)51-27(4)44)20-45-19-32(10)31(9,18-47-23-40)35(13,49-25(2)42)33(11,16-38)52-36(32,14)50-26(3)43/h22-24,38H,15-21H2,1-14H3. The predicted octanol–water partition coefficient (Wildman–Crippen LogP) is 3.41. The number of ether oxygens (including phenoxy) is 9. The van der Waals surface area contributed by atoms with Gasteiger partial charge in [0.05, 0.1) is 37.3 Å². The molecular formula is C37H60O16. The van der Waals surface area contributed by atoms with Crippen LogP contribution in [0.4, 0.5) is 0 Å². The average molecular weight is 761 g/mol. The highest BCUT2D eigenvalue weighted by Gasteiger charge is 2.79. The lowest BCUT2D eigenvalue weighted by atomic mass is 9.44. The first-order valence-corrected chi connectivity index (χ1v) is 17.5. The molecule has 2 aliphatic heterocycles. The van der Waals surface area contributed by atoms with Gasteiger partial charge in [-0.05, 0) is 32.6 Å². The van der Waals surface area contributed by atoms with Gasteiger partial charge >= 0.3 is 17.9 Å². The van der Waals surface area contributed by atoms with Gasteiger partial charge in [0, 0.05) is 38.5 Å². The predicted molar refractivity (Wildman–Crippen MR) is 184 cm³/mol. The zero-order valence-electron chi connectivity index (χ0n) is 33.8. The molecule has 53 heavy (non-hydrogen) atoms. The smallest absolute Gasteiger partial charge is 0.305 e. The van der Waals surface area contributed by atoms with E-state index in [0.717, 1.165) is 0 Å². The minimum absolute atomic E-state index is 0.181. The van der Waals surface area contributed by atoms with Gasteiger partial charge in [0.1, 0.15) is 23.4 Å². The summed E-state index contributed by atoms with van der Waals surface area (Å²) < 4.78 is 53.9. The van der Waals surface area contributed by atoms with Gasteiger partial charge in [0.25, 0.3) is 25.2 Å². The number of aliphatic hydroxyl groups excluding tert-OH is 1. The fraction of sp³-hybridized carbons (Fsp3) is 0.838. The molecule has 9 atom stereocenters. The quantitative estimate of drug-likeness (QED) is 0.121. The maximum atomic E-state index is 12.7. The Morgan fingerprint density at radius 1 is 0.566 bits per heavy atom. The lowest BCUT2D eigenvalue weighted by molar-refractivity contribution is -0.443. The van der Waals surface area contributed by atoms with E-state index in [1.807, 2.05) is 34.6 Å². The number of aliphatic hydroxyl groups is 1. The third-order valence-electron chi connectivity index (χ3n) is 13.9. The summed E-state index contributed by atoms with van der Waals surface area (Å²) in [5.74, 6) is -6.00. The van der Waals surface area contributed by atoms with Gasteiger partial charge in [-0.2, -0.15) is 0 Å². The Morgan fingerprint density at radius 2 is 1.04 bits per heavy atom. The van der Waals surface area contributed by atoms with E-state index in [0.29, 0.717) is 12.9 Å². The molecule has 2 heterocycles. The van der Waals surface area contributed by atoms with Crippen molar-refractivity contribution in [1.29, 1.82) is 0 Å². The molecule has 16 nitrogen and oxygen atoms in total. The van der Waals surface area contributed by atoms with Crippen LogP contribution in [0.1, 0.15) is 103 Å². The van der Waals surface area contributed by atoms with Crippen molar-refractivity contribution in [2.45, 2.75) is 132 Å². The third-order valence-corrected chi connectivity index (χ3v) is 13.9. The third kappa shape index (κ3) is 6.82. The summed E-state index contributed by atoms with van der Waals surface area (Å²) in [5.41, 5.74) is -11.3. The normalized spacial score (nSPS) is 40.6. The van der Waals surface area contributed by atoms with Crippen molar-refractivity contribution in [3.8, 4) is 0 Å². The molecule has 0 aromatic rings. The van der Waals surface area contributed by atoms with Crippen LogP contribution in [-0.2, 0) is 71.4 Å². The van der Waals surface area contributed by atoms with Crippen LogP contribution < -0.4 is 0 Å². The average Bonchev–Trinajstić information content (AvgIpc) is 3.05. The molecular weight excluding hydrogens is 700 g/mol. The van der Waals surface area contributed by atoms with Crippen LogP contribution in [0.2, 0.25) is 0 Å². The van der Waals surface area contributed by atoms with Crippen molar-refractivity contribution in [3.05, 3.63) is 0 Å². The first-order valence-electron chi connectivity index (χ1n) is 17.5. The first kappa shape index (κ1) is 45.8. The van der Waals surface area contributed by atoms with Crippen molar-refractivity contribution in [1.82, 2.24) is 0 Å². The molecule has 0 bridgehead atoms. The van der Waals surface area contributed by atoms with Crippen molar-refractivity contribution in [3.63, 3.8) is 0 Å². The van der Waals surface area contributed by atoms with E-state index in [1.54, 1.807) is 20.8 Å². The summed E-state index contributed by atoms with van der Waals surface area (Å²) in [6, 6.07) is 0. The van der Waals surface area contributed by atoms with E-state index in [-0.39, 0.29) is 32.8 Å². The molecule has 16 heteroatoms. The van der Waals surface area contributed by atoms with Crippen LogP contribution in [0.25, 0.3) is 0 Å². The molecule has 0 amide bonds. The van der Waals surface area contributed by atoms with Gasteiger partial charge in [-0.15, -0.1) is 0 Å². The highest BCUT2D eigenvalue weighted by molar-refractivity contribution is 5.68. The Bertz CT molecular complexity index is 1400. The molecule has 304 valence electrons. The monoisotopic (exact) mass is 760 g/mol. The number of rotatable bonds is 18. The van der Waals surface area contributed by atoms with Crippen LogP contribution >= 0.6 is 0 Å². The van der Waals surface area contributed by atoms with Crippen molar-refractivity contribution in [2.75, 3.05) is 39.6 Å². The van der Waals surface area contributed by atoms with E-state index in [2.05, 4.69) is 0 Å². The van der Waals surface area contributed by atoms with Gasteiger partial charge in [-0.1, -0.05) is 48.5 Å². The van der Waals surface area contributed by atoms with Crippen LogP contribution in [0.3, 0.4) is 0 Å². The first-order chi connectivity index (χ1) is 24.2. The highest BCUT2D eigenvalue weighted by Crippen LogP contribution is 2.69. The Morgan fingerprint density at radius 3 is 1.47 bits per heavy atom. The largest absolute Gasteiger partial charge is 0.467 e. The molecule has 0 aromatic carbocycles. The molecule has 0 aromatic heterocycles. The van der Waals surface area contributed by atoms with Crippen LogP contribution in [-0.4, -0.2) is 110 Å². The van der Waals surface area contributed by atoms with Crippen LogP contribution in [0, 0.1) is 27.1 Å². The maximum Gasteiger partial charge on any atom is 0.305 e. The second kappa shape index (κ2) is 15.4. The lowest BCUT2D eigenvalue weighted by Crippen LogP contribution is -2.81.